The highest BCUT2D eigenvalue weighted by molar-refractivity contribution is 5.83. The third-order valence-corrected chi connectivity index (χ3v) is 4.76. The van der Waals surface area contributed by atoms with Crippen LogP contribution < -0.4 is 5.73 Å². The van der Waals surface area contributed by atoms with Crippen molar-refractivity contribution in [2.75, 3.05) is 18.9 Å². The lowest BCUT2D eigenvalue weighted by atomic mass is 9.96. The van der Waals surface area contributed by atoms with Crippen LogP contribution in [0.3, 0.4) is 0 Å². The van der Waals surface area contributed by atoms with Crippen LogP contribution in [0.15, 0.2) is 36.4 Å². The number of benzene rings is 1. The van der Waals surface area contributed by atoms with Crippen LogP contribution in [0.1, 0.15) is 30.1 Å². The molecular formula is C19H20FN3O. The van der Waals surface area contributed by atoms with Crippen LogP contribution in [-0.4, -0.2) is 22.8 Å². The minimum atomic E-state index is -0.240. The molecule has 0 aliphatic carbocycles. The maximum atomic E-state index is 13.4. The van der Waals surface area contributed by atoms with Gasteiger partial charge >= 0.3 is 0 Å². The molecule has 0 unspecified atom stereocenters. The largest absolute Gasteiger partial charge is 0.397 e. The SMILES string of the molecule is Cc1nc2c(cc1N)cc(C1CCOCC1)n2-c1ccc(F)cc1. The lowest BCUT2D eigenvalue weighted by molar-refractivity contribution is 0.0842. The molecular weight excluding hydrogens is 305 g/mol. The van der Waals surface area contributed by atoms with E-state index >= 15 is 0 Å². The Morgan fingerprint density at radius 2 is 1.88 bits per heavy atom. The zero-order chi connectivity index (χ0) is 16.7. The standard InChI is InChI=1S/C19H20FN3O/c1-12-17(21)10-14-11-18(13-6-8-24-9-7-13)23(19(14)22-12)16-4-2-15(20)3-5-16/h2-5,10-11,13H,6-9,21H2,1H3. The highest BCUT2D eigenvalue weighted by atomic mass is 19.1. The molecule has 5 heteroatoms. The molecule has 4 nitrogen and oxygen atoms in total. The van der Waals surface area contributed by atoms with Crippen molar-refractivity contribution in [1.82, 2.24) is 9.55 Å². The van der Waals surface area contributed by atoms with Gasteiger partial charge in [-0.25, -0.2) is 9.37 Å². The Kier molecular flexibility index (Phi) is 3.73. The molecule has 0 bridgehead atoms. The Morgan fingerprint density at radius 1 is 1.17 bits per heavy atom. The van der Waals surface area contributed by atoms with Gasteiger partial charge in [0.1, 0.15) is 11.5 Å². The highest BCUT2D eigenvalue weighted by Gasteiger charge is 2.23. The predicted octanol–water partition coefficient (Wildman–Crippen LogP) is 3.95. The minimum Gasteiger partial charge on any atom is -0.397 e. The van der Waals surface area contributed by atoms with E-state index in [0.29, 0.717) is 11.6 Å². The van der Waals surface area contributed by atoms with Crippen molar-refractivity contribution in [3.8, 4) is 5.69 Å². The fourth-order valence-electron chi connectivity index (χ4n) is 3.41. The van der Waals surface area contributed by atoms with Crippen molar-refractivity contribution in [2.45, 2.75) is 25.7 Å². The second kappa shape index (κ2) is 5.91. The molecule has 2 N–H and O–H groups in total. The first kappa shape index (κ1) is 15.1. The molecule has 1 fully saturated rings. The van der Waals surface area contributed by atoms with Gasteiger partial charge in [0.15, 0.2) is 0 Å². The van der Waals surface area contributed by atoms with E-state index < -0.39 is 0 Å². The zero-order valence-corrected chi connectivity index (χ0v) is 13.6. The molecule has 0 atom stereocenters. The Balaban J connectivity index is 1.95. The Bertz CT molecular complexity index is 880. The maximum absolute atomic E-state index is 13.4. The van der Waals surface area contributed by atoms with Gasteiger partial charge in [-0.2, -0.15) is 0 Å². The molecule has 3 aromatic rings. The summed E-state index contributed by atoms with van der Waals surface area (Å²) in [6.07, 6.45) is 1.96. The predicted molar refractivity (Wildman–Crippen MR) is 93.0 cm³/mol. The lowest BCUT2D eigenvalue weighted by Gasteiger charge is -2.24. The summed E-state index contributed by atoms with van der Waals surface area (Å²) in [7, 11) is 0. The number of ether oxygens (including phenoxy) is 1. The summed E-state index contributed by atoms with van der Waals surface area (Å²) in [5.74, 6) is 0.163. The summed E-state index contributed by atoms with van der Waals surface area (Å²) >= 11 is 0. The van der Waals surface area contributed by atoms with Crippen LogP contribution >= 0.6 is 0 Å². The molecule has 1 saturated heterocycles. The van der Waals surface area contributed by atoms with E-state index in [9.17, 15) is 4.39 Å². The third kappa shape index (κ3) is 2.55. The highest BCUT2D eigenvalue weighted by Crippen LogP contribution is 2.34. The first-order chi connectivity index (χ1) is 11.6. The van der Waals surface area contributed by atoms with Crippen molar-refractivity contribution >= 4 is 16.7 Å². The average Bonchev–Trinajstić information content (AvgIpc) is 2.95. The fourth-order valence-corrected chi connectivity index (χ4v) is 3.41. The molecule has 24 heavy (non-hydrogen) atoms. The number of nitrogen functional groups attached to an aromatic ring is 1. The molecule has 1 aromatic carbocycles. The first-order valence-electron chi connectivity index (χ1n) is 8.25. The van der Waals surface area contributed by atoms with E-state index in [-0.39, 0.29) is 5.82 Å². The number of hydrogen-bond acceptors (Lipinski definition) is 3. The summed E-state index contributed by atoms with van der Waals surface area (Å²) in [6.45, 7) is 3.44. The number of aromatic nitrogens is 2. The molecule has 2 aromatic heterocycles. The molecule has 0 spiro atoms. The van der Waals surface area contributed by atoms with Gasteiger partial charge < -0.3 is 10.5 Å². The summed E-state index contributed by atoms with van der Waals surface area (Å²) in [4.78, 5) is 4.70. The summed E-state index contributed by atoms with van der Waals surface area (Å²) in [6, 6.07) is 10.7. The van der Waals surface area contributed by atoms with E-state index in [4.69, 9.17) is 15.5 Å². The Morgan fingerprint density at radius 3 is 2.58 bits per heavy atom. The fraction of sp³-hybridized carbons (Fsp3) is 0.316. The van der Waals surface area contributed by atoms with Gasteiger partial charge in [-0.1, -0.05) is 0 Å². The Labute approximate surface area is 140 Å². The van der Waals surface area contributed by atoms with Crippen LogP contribution in [0.2, 0.25) is 0 Å². The van der Waals surface area contributed by atoms with Crippen molar-refractivity contribution in [3.05, 3.63) is 53.6 Å². The van der Waals surface area contributed by atoms with Gasteiger partial charge in [-0.3, -0.25) is 4.57 Å². The lowest BCUT2D eigenvalue weighted by Crippen LogP contribution is -2.17. The monoisotopic (exact) mass is 325 g/mol. The number of nitrogens with two attached hydrogens (primary N) is 1. The number of nitrogens with zero attached hydrogens (tertiary/aromatic N) is 2. The van der Waals surface area contributed by atoms with E-state index in [2.05, 4.69) is 10.6 Å². The van der Waals surface area contributed by atoms with Crippen LogP contribution in [0, 0.1) is 12.7 Å². The van der Waals surface area contributed by atoms with E-state index in [0.717, 1.165) is 48.5 Å². The number of fused-ring (bicyclic) bond motifs is 1. The molecule has 0 radical (unpaired) electrons. The number of aryl methyl sites for hydroxylation is 1. The van der Waals surface area contributed by atoms with Crippen molar-refractivity contribution in [3.63, 3.8) is 0 Å². The van der Waals surface area contributed by atoms with Crippen molar-refractivity contribution in [1.29, 1.82) is 0 Å². The van der Waals surface area contributed by atoms with Gasteiger partial charge in [0.2, 0.25) is 0 Å². The van der Waals surface area contributed by atoms with Crippen molar-refractivity contribution in [2.24, 2.45) is 0 Å². The third-order valence-electron chi connectivity index (χ3n) is 4.76. The summed E-state index contributed by atoms with van der Waals surface area (Å²) in [5.41, 5.74) is 10.5. The van der Waals surface area contributed by atoms with Gasteiger partial charge in [0, 0.05) is 35.9 Å². The van der Waals surface area contributed by atoms with E-state index in [1.807, 2.05) is 13.0 Å². The zero-order valence-electron chi connectivity index (χ0n) is 13.6. The molecule has 3 heterocycles. The maximum Gasteiger partial charge on any atom is 0.145 e. The van der Waals surface area contributed by atoms with Crippen LogP contribution in [0.25, 0.3) is 16.7 Å². The van der Waals surface area contributed by atoms with Crippen LogP contribution in [0.5, 0.6) is 0 Å². The van der Waals surface area contributed by atoms with Gasteiger partial charge in [-0.05, 0) is 56.2 Å². The molecule has 124 valence electrons. The smallest absolute Gasteiger partial charge is 0.145 e. The van der Waals surface area contributed by atoms with Gasteiger partial charge in [-0.15, -0.1) is 0 Å². The number of anilines is 1. The quantitative estimate of drug-likeness (QED) is 0.776. The molecule has 4 rings (SSSR count). The molecule has 1 aliphatic rings. The van der Waals surface area contributed by atoms with Gasteiger partial charge in [0.25, 0.3) is 0 Å². The van der Waals surface area contributed by atoms with E-state index in [1.54, 1.807) is 12.1 Å². The summed E-state index contributed by atoms with van der Waals surface area (Å²) in [5, 5.41) is 1.02. The first-order valence-corrected chi connectivity index (χ1v) is 8.25. The van der Waals surface area contributed by atoms with Crippen LogP contribution in [-0.2, 0) is 4.74 Å². The number of rotatable bonds is 2. The molecule has 0 saturated carbocycles. The van der Waals surface area contributed by atoms with Gasteiger partial charge in [0.05, 0.1) is 11.4 Å². The second-order valence-electron chi connectivity index (χ2n) is 6.34. The summed E-state index contributed by atoms with van der Waals surface area (Å²) < 4.78 is 21.0. The normalized spacial score (nSPS) is 15.9. The number of pyridine rings is 1. The number of hydrogen-bond donors (Lipinski definition) is 1. The molecule has 0 amide bonds. The Hall–Kier alpha value is -2.40. The number of halogens is 1. The molecule has 1 aliphatic heterocycles. The van der Waals surface area contributed by atoms with E-state index in [1.165, 1.54) is 17.8 Å². The second-order valence-corrected chi connectivity index (χ2v) is 6.34. The minimum absolute atomic E-state index is 0.240. The topological polar surface area (TPSA) is 53.1 Å². The van der Waals surface area contributed by atoms with Crippen molar-refractivity contribution < 1.29 is 9.13 Å². The average molecular weight is 325 g/mol. The van der Waals surface area contributed by atoms with Crippen LogP contribution in [0.4, 0.5) is 10.1 Å².